The standard InChI is InChI=1S/C14H23N3O2/c1-4-6-15-13-10-12(9-11(3)16-13)14(19)17(5-2)7-8-18/h9-10,18H,4-8H2,1-3H3,(H,15,16). The van der Waals surface area contributed by atoms with Crippen LogP contribution in [0.3, 0.4) is 0 Å². The van der Waals surface area contributed by atoms with Gasteiger partial charge in [-0.15, -0.1) is 0 Å². The van der Waals surface area contributed by atoms with E-state index in [-0.39, 0.29) is 12.5 Å². The van der Waals surface area contributed by atoms with Crippen molar-refractivity contribution < 1.29 is 9.90 Å². The largest absolute Gasteiger partial charge is 0.395 e. The molecule has 0 bridgehead atoms. The fourth-order valence-corrected chi connectivity index (χ4v) is 1.84. The van der Waals surface area contributed by atoms with Gasteiger partial charge in [0.05, 0.1) is 6.61 Å². The van der Waals surface area contributed by atoms with Crippen LogP contribution in [0.4, 0.5) is 5.82 Å². The zero-order valence-corrected chi connectivity index (χ0v) is 11.9. The number of carbonyl (C=O) groups excluding carboxylic acids is 1. The molecule has 0 aliphatic carbocycles. The molecule has 1 aromatic rings. The SMILES string of the molecule is CCCNc1cc(C(=O)N(CC)CCO)cc(C)n1. The van der Waals surface area contributed by atoms with Gasteiger partial charge < -0.3 is 15.3 Å². The highest BCUT2D eigenvalue weighted by Gasteiger charge is 2.15. The van der Waals surface area contributed by atoms with Gasteiger partial charge in [0, 0.05) is 30.9 Å². The van der Waals surface area contributed by atoms with Crippen LogP contribution in [0.2, 0.25) is 0 Å². The molecule has 0 saturated heterocycles. The van der Waals surface area contributed by atoms with Crippen LogP contribution in [0, 0.1) is 6.92 Å². The molecule has 106 valence electrons. The summed E-state index contributed by atoms with van der Waals surface area (Å²) in [5.74, 6) is 0.659. The molecule has 0 aliphatic heterocycles. The molecule has 0 atom stereocenters. The number of pyridine rings is 1. The number of carbonyl (C=O) groups is 1. The van der Waals surface area contributed by atoms with Gasteiger partial charge >= 0.3 is 0 Å². The van der Waals surface area contributed by atoms with E-state index in [1.165, 1.54) is 0 Å². The fourth-order valence-electron chi connectivity index (χ4n) is 1.84. The van der Waals surface area contributed by atoms with Crippen LogP contribution < -0.4 is 5.32 Å². The Balaban J connectivity index is 2.92. The second-order valence-electron chi connectivity index (χ2n) is 4.42. The number of nitrogens with one attached hydrogen (secondary N) is 1. The average molecular weight is 265 g/mol. The van der Waals surface area contributed by atoms with Crippen molar-refractivity contribution in [3.8, 4) is 0 Å². The number of likely N-dealkylation sites (N-methyl/N-ethyl adjacent to an activating group) is 1. The second kappa shape index (κ2) is 7.74. The maximum Gasteiger partial charge on any atom is 0.254 e. The van der Waals surface area contributed by atoms with Crippen molar-refractivity contribution in [2.24, 2.45) is 0 Å². The van der Waals surface area contributed by atoms with Crippen molar-refractivity contribution in [1.82, 2.24) is 9.88 Å². The highest BCUT2D eigenvalue weighted by molar-refractivity contribution is 5.95. The molecule has 1 aromatic heterocycles. The van der Waals surface area contributed by atoms with E-state index in [9.17, 15) is 4.79 Å². The van der Waals surface area contributed by atoms with E-state index in [0.29, 0.717) is 18.7 Å². The summed E-state index contributed by atoms with van der Waals surface area (Å²) in [6.45, 7) is 7.60. The minimum atomic E-state index is -0.0680. The molecule has 1 amide bonds. The Morgan fingerprint density at radius 3 is 2.74 bits per heavy atom. The maximum atomic E-state index is 12.3. The zero-order valence-electron chi connectivity index (χ0n) is 11.9. The molecule has 0 aromatic carbocycles. The van der Waals surface area contributed by atoms with Gasteiger partial charge in [0.1, 0.15) is 5.82 Å². The molecule has 5 nitrogen and oxygen atoms in total. The van der Waals surface area contributed by atoms with Crippen LogP contribution in [-0.2, 0) is 0 Å². The third-order valence-corrected chi connectivity index (χ3v) is 2.80. The van der Waals surface area contributed by atoms with Gasteiger partial charge in [0.2, 0.25) is 0 Å². The summed E-state index contributed by atoms with van der Waals surface area (Å²) in [5, 5.41) is 12.2. The van der Waals surface area contributed by atoms with Gasteiger partial charge in [-0.2, -0.15) is 0 Å². The topological polar surface area (TPSA) is 65.5 Å². The van der Waals surface area contributed by atoms with E-state index >= 15 is 0 Å². The number of anilines is 1. The molecule has 0 unspecified atom stereocenters. The molecule has 0 saturated carbocycles. The highest BCUT2D eigenvalue weighted by Crippen LogP contribution is 2.12. The number of aliphatic hydroxyl groups excluding tert-OH is 1. The number of aryl methyl sites for hydroxylation is 1. The Hall–Kier alpha value is -1.62. The Bertz CT molecular complexity index is 421. The van der Waals surface area contributed by atoms with Crippen molar-refractivity contribution in [2.75, 3.05) is 31.6 Å². The number of aliphatic hydroxyl groups is 1. The quantitative estimate of drug-likeness (QED) is 0.787. The lowest BCUT2D eigenvalue weighted by atomic mass is 10.2. The summed E-state index contributed by atoms with van der Waals surface area (Å²) >= 11 is 0. The molecule has 5 heteroatoms. The summed E-state index contributed by atoms with van der Waals surface area (Å²) in [6.07, 6.45) is 1.00. The van der Waals surface area contributed by atoms with Crippen LogP contribution in [-0.4, -0.2) is 47.1 Å². The van der Waals surface area contributed by atoms with Gasteiger partial charge in [-0.05, 0) is 32.4 Å². The number of rotatable bonds is 7. The maximum absolute atomic E-state index is 12.3. The number of nitrogens with zero attached hydrogens (tertiary/aromatic N) is 2. The fraction of sp³-hybridized carbons (Fsp3) is 0.571. The summed E-state index contributed by atoms with van der Waals surface area (Å²) in [6, 6.07) is 3.55. The van der Waals surface area contributed by atoms with Gasteiger partial charge in [0.15, 0.2) is 0 Å². The lowest BCUT2D eigenvalue weighted by molar-refractivity contribution is 0.0732. The summed E-state index contributed by atoms with van der Waals surface area (Å²) in [7, 11) is 0. The van der Waals surface area contributed by atoms with Gasteiger partial charge in [-0.25, -0.2) is 4.98 Å². The Kier molecular flexibility index (Phi) is 6.29. The van der Waals surface area contributed by atoms with Crippen molar-refractivity contribution in [3.05, 3.63) is 23.4 Å². The first-order valence-electron chi connectivity index (χ1n) is 6.75. The number of amides is 1. The summed E-state index contributed by atoms with van der Waals surface area (Å²) < 4.78 is 0. The van der Waals surface area contributed by atoms with Crippen molar-refractivity contribution in [3.63, 3.8) is 0 Å². The molecule has 0 spiro atoms. The Morgan fingerprint density at radius 2 is 2.16 bits per heavy atom. The van der Waals surface area contributed by atoms with E-state index in [4.69, 9.17) is 5.11 Å². The molecule has 19 heavy (non-hydrogen) atoms. The highest BCUT2D eigenvalue weighted by atomic mass is 16.3. The molecule has 1 heterocycles. The van der Waals surface area contributed by atoms with Crippen LogP contribution >= 0.6 is 0 Å². The zero-order chi connectivity index (χ0) is 14.3. The van der Waals surface area contributed by atoms with Crippen LogP contribution in [0.15, 0.2) is 12.1 Å². The number of aromatic nitrogens is 1. The second-order valence-corrected chi connectivity index (χ2v) is 4.42. The van der Waals surface area contributed by atoms with Crippen molar-refractivity contribution in [1.29, 1.82) is 0 Å². The normalized spacial score (nSPS) is 10.3. The molecule has 0 aliphatic rings. The van der Waals surface area contributed by atoms with Crippen LogP contribution in [0.5, 0.6) is 0 Å². The van der Waals surface area contributed by atoms with E-state index < -0.39 is 0 Å². The predicted molar refractivity (Wildman–Crippen MR) is 76.4 cm³/mol. The van der Waals surface area contributed by atoms with E-state index in [2.05, 4.69) is 17.2 Å². The molecular weight excluding hydrogens is 242 g/mol. The van der Waals surface area contributed by atoms with Crippen LogP contribution in [0.1, 0.15) is 36.3 Å². The Labute approximate surface area is 114 Å². The third kappa shape index (κ3) is 4.52. The monoisotopic (exact) mass is 265 g/mol. The first-order chi connectivity index (χ1) is 9.12. The van der Waals surface area contributed by atoms with Gasteiger partial charge in [-0.3, -0.25) is 4.79 Å². The average Bonchev–Trinajstić information content (AvgIpc) is 2.41. The molecule has 1 rings (SSSR count). The minimum Gasteiger partial charge on any atom is -0.395 e. The number of hydrogen-bond acceptors (Lipinski definition) is 4. The Morgan fingerprint density at radius 1 is 1.42 bits per heavy atom. The van der Waals surface area contributed by atoms with Crippen molar-refractivity contribution >= 4 is 11.7 Å². The summed E-state index contributed by atoms with van der Waals surface area (Å²) in [4.78, 5) is 18.3. The third-order valence-electron chi connectivity index (χ3n) is 2.80. The van der Waals surface area contributed by atoms with Crippen LogP contribution in [0.25, 0.3) is 0 Å². The smallest absolute Gasteiger partial charge is 0.254 e. The summed E-state index contributed by atoms with van der Waals surface area (Å²) in [5.41, 5.74) is 1.42. The molecular formula is C14H23N3O2. The minimum absolute atomic E-state index is 0.0232. The first-order valence-corrected chi connectivity index (χ1v) is 6.75. The van der Waals surface area contributed by atoms with Gasteiger partial charge in [0.25, 0.3) is 5.91 Å². The molecule has 0 fully saturated rings. The lowest BCUT2D eigenvalue weighted by Crippen LogP contribution is -2.33. The first kappa shape index (κ1) is 15.4. The van der Waals surface area contributed by atoms with E-state index in [1.807, 2.05) is 13.8 Å². The van der Waals surface area contributed by atoms with E-state index in [1.54, 1.807) is 17.0 Å². The predicted octanol–water partition coefficient (Wildman–Crippen LogP) is 1.67. The van der Waals surface area contributed by atoms with Crippen molar-refractivity contribution in [2.45, 2.75) is 27.2 Å². The molecule has 2 N–H and O–H groups in total. The number of hydrogen-bond donors (Lipinski definition) is 2. The molecule has 0 radical (unpaired) electrons. The van der Waals surface area contributed by atoms with E-state index in [0.717, 1.165) is 24.5 Å². The van der Waals surface area contributed by atoms with Gasteiger partial charge in [-0.1, -0.05) is 6.92 Å². The lowest BCUT2D eigenvalue weighted by Gasteiger charge is -2.20.